The number of hydrogen-bond donors (Lipinski definition) is 1. The van der Waals surface area contributed by atoms with Crippen molar-refractivity contribution in [2.45, 2.75) is 42.5 Å². The van der Waals surface area contributed by atoms with E-state index >= 15 is 0 Å². The first kappa shape index (κ1) is 15.5. The number of nitrogens with one attached hydrogen (secondary N) is 1. The van der Waals surface area contributed by atoms with Gasteiger partial charge in [0.15, 0.2) is 9.84 Å². The largest absolute Gasteiger partial charge is 0.334 e. The smallest absolute Gasteiger partial charge is 0.252 e. The van der Waals surface area contributed by atoms with Gasteiger partial charge in [0.2, 0.25) is 0 Å². The lowest BCUT2D eigenvalue weighted by molar-refractivity contribution is 0.0902. The van der Waals surface area contributed by atoms with E-state index in [2.05, 4.69) is 11.4 Å². The molecule has 0 radical (unpaired) electrons. The van der Waals surface area contributed by atoms with Crippen molar-refractivity contribution in [2.24, 2.45) is 0 Å². The van der Waals surface area contributed by atoms with Crippen LogP contribution in [0.4, 0.5) is 0 Å². The quantitative estimate of drug-likeness (QED) is 0.925. The summed E-state index contributed by atoms with van der Waals surface area (Å²) in [5.74, 6) is -0.399. The first-order valence-corrected chi connectivity index (χ1v) is 8.79. The second kappa shape index (κ2) is 5.86. The van der Waals surface area contributed by atoms with Gasteiger partial charge in [0.05, 0.1) is 11.0 Å². The number of rotatable bonds is 3. The lowest BCUT2D eigenvalue weighted by atomic mass is 9.82. The summed E-state index contributed by atoms with van der Waals surface area (Å²) in [6.07, 6.45) is 5.28. The van der Waals surface area contributed by atoms with E-state index in [9.17, 15) is 18.5 Å². The molecule has 1 aromatic rings. The van der Waals surface area contributed by atoms with Crippen LogP contribution < -0.4 is 5.32 Å². The summed E-state index contributed by atoms with van der Waals surface area (Å²) >= 11 is 0. The Labute approximate surface area is 124 Å². The number of amides is 1. The summed E-state index contributed by atoms with van der Waals surface area (Å²) < 4.78 is 23.1. The van der Waals surface area contributed by atoms with E-state index in [0.717, 1.165) is 25.5 Å². The molecule has 1 fully saturated rings. The second-order valence-corrected chi connectivity index (χ2v) is 7.52. The van der Waals surface area contributed by atoms with Gasteiger partial charge in [0.25, 0.3) is 5.91 Å². The molecule has 112 valence electrons. The fourth-order valence-corrected chi connectivity index (χ4v) is 3.24. The standard InChI is InChI=1S/C15H18N2O3S/c1-21(19,20)13-7-5-6-12(10-13)14(18)17-15(11-16)8-3-2-4-9-15/h5-7,10H,2-4,8-9H2,1H3,(H,17,18). The molecule has 2 rings (SSSR count). The third kappa shape index (κ3) is 3.61. The zero-order valence-corrected chi connectivity index (χ0v) is 12.7. The van der Waals surface area contributed by atoms with Gasteiger partial charge >= 0.3 is 0 Å². The molecule has 0 unspecified atom stereocenters. The number of carbonyl (C=O) groups is 1. The van der Waals surface area contributed by atoms with Gasteiger partial charge in [0.1, 0.15) is 5.54 Å². The van der Waals surface area contributed by atoms with E-state index in [1.165, 1.54) is 18.2 Å². The Morgan fingerprint density at radius 3 is 2.52 bits per heavy atom. The SMILES string of the molecule is CS(=O)(=O)c1cccc(C(=O)NC2(C#N)CCCCC2)c1. The van der Waals surface area contributed by atoms with Crippen molar-refractivity contribution < 1.29 is 13.2 Å². The van der Waals surface area contributed by atoms with Crippen molar-refractivity contribution in [3.8, 4) is 6.07 Å². The number of sulfone groups is 1. The number of carbonyl (C=O) groups excluding carboxylic acids is 1. The molecule has 1 aliphatic rings. The molecule has 0 aliphatic heterocycles. The summed E-state index contributed by atoms with van der Waals surface area (Å²) in [5.41, 5.74) is -0.561. The molecule has 1 aliphatic carbocycles. The van der Waals surface area contributed by atoms with Gasteiger partial charge < -0.3 is 5.32 Å². The van der Waals surface area contributed by atoms with Crippen LogP contribution in [0.5, 0.6) is 0 Å². The third-order valence-corrected chi connectivity index (χ3v) is 4.91. The van der Waals surface area contributed by atoms with Crippen LogP contribution in [0, 0.1) is 11.3 Å². The molecule has 0 saturated heterocycles. The number of hydrogen-bond acceptors (Lipinski definition) is 4. The molecule has 0 atom stereocenters. The molecule has 0 heterocycles. The van der Waals surface area contributed by atoms with Gasteiger partial charge in [-0.25, -0.2) is 8.42 Å². The maximum absolute atomic E-state index is 12.3. The van der Waals surface area contributed by atoms with E-state index in [4.69, 9.17) is 0 Å². The topological polar surface area (TPSA) is 87.0 Å². The average molecular weight is 306 g/mol. The van der Waals surface area contributed by atoms with Crippen molar-refractivity contribution in [3.63, 3.8) is 0 Å². The minimum Gasteiger partial charge on any atom is -0.334 e. The molecule has 0 bridgehead atoms. The molecule has 0 spiro atoms. The van der Waals surface area contributed by atoms with Crippen molar-refractivity contribution in [1.29, 1.82) is 5.26 Å². The zero-order valence-electron chi connectivity index (χ0n) is 11.9. The van der Waals surface area contributed by atoms with Crippen LogP contribution in [0.25, 0.3) is 0 Å². The van der Waals surface area contributed by atoms with E-state index < -0.39 is 21.3 Å². The fourth-order valence-electron chi connectivity index (χ4n) is 2.58. The lowest BCUT2D eigenvalue weighted by Gasteiger charge is -2.31. The predicted octanol–water partition coefficient (Wildman–Crippen LogP) is 2.05. The number of nitriles is 1. The van der Waals surface area contributed by atoms with Crippen LogP contribution in [0.3, 0.4) is 0 Å². The van der Waals surface area contributed by atoms with Crippen LogP contribution in [-0.4, -0.2) is 26.1 Å². The molecule has 21 heavy (non-hydrogen) atoms. The molecule has 1 amide bonds. The highest BCUT2D eigenvalue weighted by Gasteiger charge is 2.33. The lowest BCUT2D eigenvalue weighted by Crippen LogP contribution is -2.48. The zero-order chi connectivity index (χ0) is 15.5. The fraction of sp³-hybridized carbons (Fsp3) is 0.467. The number of nitrogens with zero attached hydrogens (tertiary/aromatic N) is 1. The Balaban J connectivity index is 2.23. The van der Waals surface area contributed by atoms with Gasteiger partial charge in [-0.3, -0.25) is 4.79 Å². The summed E-state index contributed by atoms with van der Waals surface area (Å²) in [5, 5.41) is 12.1. The second-order valence-electron chi connectivity index (χ2n) is 5.51. The van der Waals surface area contributed by atoms with Crippen LogP contribution in [0.2, 0.25) is 0 Å². The Kier molecular flexibility index (Phi) is 4.33. The van der Waals surface area contributed by atoms with Crippen LogP contribution in [0.1, 0.15) is 42.5 Å². The summed E-state index contributed by atoms with van der Waals surface area (Å²) in [6.45, 7) is 0. The van der Waals surface area contributed by atoms with E-state index in [1.54, 1.807) is 6.07 Å². The van der Waals surface area contributed by atoms with Gasteiger partial charge in [-0.1, -0.05) is 25.3 Å². The minimum atomic E-state index is -3.36. The van der Waals surface area contributed by atoms with Crippen LogP contribution in [0.15, 0.2) is 29.2 Å². The van der Waals surface area contributed by atoms with Gasteiger partial charge in [-0.05, 0) is 31.0 Å². The van der Waals surface area contributed by atoms with Crippen LogP contribution >= 0.6 is 0 Å². The molecule has 1 N–H and O–H groups in total. The Hall–Kier alpha value is -1.87. The Morgan fingerprint density at radius 2 is 1.95 bits per heavy atom. The third-order valence-electron chi connectivity index (χ3n) is 3.80. The van der Waals surface area contributed by atoms with E-state index in [0.29, 0.717) is 12.8 Å². The van der Waals surface area contributed by atoms with Gasteiger partial charge in [-0.15, -0.1) is 0 Å². The monoisotopic (exact) mass is 306 g/mol. The molecule has 6 heteroatoms. The molecular weight excluding hydrogens is 288 g/mol. The molecular formula is C15H18N2O3S. The van der Waals surface area contributed by atoms with E-state index in [-0.39, 0.29) is 10.5 Å². The normalized spacial score (nSPS) is 17.7. The minimum absolute atomic E-state index is 0.102. The summed E-state index contributed by atoms with van der Waals surface area (Å²) in [4.78, 5) is 12.4. The first-order valence-electron chi connectivity index (χ1n) is 6.90. The van der Waals surface area contributed by atoms with Crippen molar-refractivity contribution in [2.75, 3.05) is 6.26 Å². The Morgan fingerprint density at radius 1 is 1.29 bits per heavy atom. The molecule has 5 nitrogen and oxygen atoms in total. The van der Waals surface area contributed by atoms with Crippen molar-refractivity contribution in [1.82, 2.24) is 5.32 Å². The first-order chi connectivity index (χ1) is 9.86. The van der Waals surface area contributed by atoms with Gasteiger partial charge in [0, 0.05) is 11.8 Å². The van der Waals surface area contributed by atoms with Gasteiger partial charge in [-0.2, -0.15) is 5.26 Å². The van der Waals surface area contributed by atoms with Crippen LogP contribution in [-0.2, 0) is 9.84 Å². The number of benzene rings is 1. The van der Waals surface area contributed by atoms with Crippen molar-refractivity contribution in [3.05, 3.63) is 29.8 Å². The maximum Gasteiger partial charge on any atom is 0.252 e. The highest BCUT2D eigenvalue weighted by molar-refractivity contribution is 7.90. The highest BCUT2D eigenvalue weighted by atomic mass is 32.2. The maximum atomic E-state index is 12.3. The van der Waals surface area contributed by atoms with E-state index in [1.807, 2.05) is 0 Å². The average Bonchev–Trinajstić information content (AvgIpc) is 2.47. The predicted molar refractivity (Wildman–Crippen MR) is 78.4 cm³/mol. The summed E-state index contributed by atoms with van der Waals surface area (Å²) in [6, 6.07) is 8.10. The van der Waals surface area contributed by atoms with Crippen molar-refractivity contribution >= 4 is 15.7 Å². The Bertz CT molecular complexity index is 683. The summed E-state index contributed by atoms with van der Waals surface area (Å²) in [7, 11) is -3.36. The highest BCUT2D eigenvalue weighted by Crippen LogP contribution is 2.28. The molecule has 1 saturated carbocycles. The molecule has 0 aromatic heterocycles. The molecule has 1 aromatic carbocycles.